The average Bonchev–Trinajstić information content (AvgIpc) is 3.99. The van der Waals surface area contributed by atoms with Crippen LogP contribution in [0.4, 0.5) is 18.9 Å². The number of hydrogen-bond acceptors (Lipinski definition) is 0. The molecule has 0 radical (unpaired) electrons. The number of aromatic nitrogens is 2. The maximum atomic E-state index is 15.2. The number of rotatable bonds is 8. The van der Waals surface area contributed by atoms with Crippen LogP contribution in [0.5, 0.6) is 0 Å². The van der Waals surface area contributed by atoms with E-state index in [9.17, 15) is 0 Å². The SMILES string of the molecule is [C-]#[N+]c1ccc(-c2cc(-c3c(C)cccc3C(F)(F)F)ccc2-n2c3ccc(-c4ccc(C)cc4)cc3c3cc(-c4ccc(C)cc4)ccc32)c(-n2c3ccc(-c4ccc(C)cc4)cc3c3cc(-c4ccc(C)cc4)ccc32)c1. The predicted molar refractivity (Wildman–Crippen MR) is 323 cm³/mol. The van der Waals surface area contributed by atoms with Crippen molar-refractivity contribution in [2.75, 3.05) is 0 Å². The summed E-state index contributed by atoms with van der Waals surface area (Å²) in [4.78, 5) is 4.01. The third kappa shape index (κ3) is 8.65. The van der Waals surface area contributed by atoms with Gasteiger partial charge in [0, 0.05) is 38.4 Å². The first-order chi connectivity index (χ1) is 38.3. The van der Waals surface area contributed by atoms with Gasteiger partial charge in [0.2, 0.25) is 0 Å². The summed E-state index contributed by atoms with van der Waals surface area (Å²) in [6, 6.07) is 76.4. The quantitative estimate of drug-likeness (QED) is 0.135. The van der Waals surface area contributed by atoms with Crippen LogP contribution in [-0.4, -0.2) is 9.13 Å². The molecular weight excluding hydrogens is 976 g/mol. The highest BCUT2D eigenvalue weighted by atomic mass is 19.4. The molecule has 13 aromatic rings. The Kier molecular flexibility index (Phi) is 11.8. The van der Waals surface area contributed by atoms with Crippen LogP contribution in [0, 0.1) is 41.2 Å². The minimum absolute atomic E-state index is 0.124. The number of nitrogens with zero attached hydrogens (tertiary/aromatic N) is 3. The normalized spacial score (nSPS) is 11.8. The van der Waals surface area contributed by atoms with Crippen molar-refractivity contribution in [3.05, 3.63) is 269 Å². The topological polar surface area (TPSA) is 14.2 Å². The van der Waals surface area contributed by atoms with Gasteiger partial charge >= 0.3 is 6.18 Å². The molecule has 0 bridgehead atoms. The lowest BCUT2D eigenvalue weighted by Gasteiger charge is -2.22. The first-order valence-electron chi connectivity index (χ1n) is 26.6. The zero-order chi connectivity index (χ0) is 54.3. The smallest absolute Gasteiger partial charge is 0.310 e. The molecule has 79 heavy (non-hydrogen) atoms. The Morgan fingerprint density at radius 1 is 0.342 bits per heavy atom. The Balaban J connectivity index is 1.13. The zero-order valence-electron chi connectivity index (χ0n) is 44.3. The van der Waals surface area contributed by atoms with Gasteiger partial charge in [-0.25, -0.2) is 4.85 Å². The predicted octanol–water partition coefficient (Wildman–Crippen LogP) is 21.0. The summed E-state index contributed by atoms with van der Waals surface area (Å²) in [6.45, 7) is 18.5. The summed E-state index contributed by atoms with van der Waals surface area (Å²) in [6.07, 6.45) is -4.61. The summed E-state index contributed by atoms with van der Waals surface area (Å²) in [7, 11) is 0. The van der Waals surface area contributed by atoms with E-state index in [1.165, 1.54) is 34.4 Å². The Morgan fingerprint density at radius 2 is 0.709 bits per heavy atom. The van der Waals surface area contributed by atoms with Gasteiger partial charge in [0.25, 0.3) is 0 Å². The van der Waals surface area contributed by atoms with Gasteiger partial charge in [-0.3, -0.25) is 0 Å². The standard InChI is InChI=1S/C73H52F3N3/c1-44-10-18-49(19-11-44)53-26-33-67-61(38-53)62-39-54(50-20-12-45(2)13-21-50)27-34-68(62)78(67)66-37-30-57(72-48(5)8-7-9-65(72)73(74,75)76)42-60(66)59-32-31-58(77-6)43-71(59)79-69-35-28-55(51-22-14-46(3)15-23-51)40-63(69)64-41-56(29-36-70(64)79)52-24-16-47(4)17-25-52/h7-43H,1-5H3. The lowest BCUT2D eigenvalue weighted by Crippen LogP contribution is -2.08. The van der Waals surface area contributed by atoms with Crippen LogP contribution in [0.25, 0.3) is 127 Å². The fourth-order valence-electron chi connectivity index (χ4n) is 11.7. The van der Waals surface area contributed by atoms with Crippen molar-refractivity contribution in [2.24, 2.45) is 0 Å². The molecule has 11 aromatic carbocycles. The first-order valence-corrected chi connectivity index (χ1v) is 26.6. The van der Waals surface area contributed by atoms with Crippen LogP contribution in [0.1, 0.15) is 33.4 Å². The molecule has 3 nitrogen and oxygen atoms in total. The minimum Gasteiger partial charge on any atom is -0.310 e. The van der Waals surface area contributed by atoms with Crippen molar-refractivity contribution in [2.45, 2.75) is 40.8 Å². The molecule has 0 aliphatic carbocycles. The maximum absolute atomic E-state index is 15.2. The number of alkyl halides is 3. The minimum atomic E-state index is -4.61. The lowest BCUT2D eigenvalue weighted by atomic mass is 9.91. The van der Waals surface area contributed by atoms with E-state index in [0.717, 1.165) is 105 Å². The number of fused-ring (bicyclic) bond motifs is 6. The molecule has 6 heteroatoms. The van der Waals surface area contributed by atoms with Gasteiger partial charge in [0.1, 0.15) is 0 Å². The van der Waals surface area contributed by atoms with E-state index in [2.05, 4.69) is 212 Å². The van der Waals surface area contributed by atoms with Crippen LogP contribution in [0.3, 0.4) is 0 Å². The van der Waals surface area contributed by atoms with Crippen LogP contribution in [0.15, 0.2) is 224 Å². The monoisotopic (exact) mass is 1030 g/mol. The molecule has 0 amide bonds. The van der Waals surface area contributed by atoms with E-state index in [-0.39, 0.29) is 5.56 Å². The van der Waals surface area contributed by atoms with E-state index >= 15 is 13.2 Å². The fourth-order valence-corrected chi connectivity index (χ4v) is 11.7. The lowest BCUT2D eigenvalue weighted by molar-refractivity contribution is -0.137. The van der Waals surface area contributed by atoms with E-state index in [1.54, 1.807) is 13.0 Å². The van der Waals surface area contributed by atoms with Crippen molar-refractivity contribution in [3.63, 3.8) is 0 Å². The number of benzene rings is 11. The second-order valence-corrected chi connectivity index (χ2v) is 21.1. The third-order valence-electron chi connectivity index (χ3n) is 15.8. The van der Waals surface area contributed by atoms with Crippen LogP contribution >= 0.6 is 0 Å². The number of aryl methyl sites for hydroxylation is 5. The van der Waals surface area contributed by atoms with Gasteiger partial charge in [-0.15, -0.1) is 0 Å². The highest BCUT2D eigenvalue weighted by Crippen LogP contribution is 2.47. The van der Waals surface area contributed by atoms with Gasteiger partial charge in [0.15, 0.2) is 5.69 Å². The number of halogens is 3. The summed E-state index contributed by atoms with van der Waals surface area (Å²) >= 11 is 0. The van der Waals surface area contributed by atoms with Gasteiger partial charge in [-0.05, 0) is 169 Å². The molecule has 380 valence electrons. The molecule has 0 saturated carbocycles. The number of hydrogen-bond donors (Lipinski definition) is 0. The Morgan fingerprint density at radius 3 is 1.09 bits per heavy atom. The van der Waals surface area contributed by atoms with E-state index < -0.39 is 11.7 Å². The largest absolute Gasteiger partial charge is 0.417 e. The van der Waals surface area contributed by atoms with Gasteiger partial charge in [-0.1, -0.05) is 174 Å². The molecule has 0 N–H and O–H groups in total. The van der Waals surface area contributed by atoms with Gasteiger partial charge in [-0.2, -0.15) is 13.2 Å². The van der Waals surface area contributed by atoms with Crippen LogP contribution in [-0.2, 0) is 6.18 Å². The molecule has 13 rings (SSSR count). The summed E-state index contributed by atoms with van der Waals surface area (Å²) in [5.41, 5.74) is 20.9. The second-order valence-electron chi connectivity index (χ2n) is 21.1. The molecule has 2 aromatic heterocycles. The molecule has 0 atom stereocenters. The fraction of sp³-hybridized carbons (Fsp3) is 0.0822. The molecule has 0 aliphatic rings. The molecule has 0 saturated heterocycles. The van der Waals surface area contributed by atoms with Gasteiger partial charge in [0.05, 0.1) is 39.9 Å². The highest BCUT2D eigenvalue weighted by Gasteiger charge is 2.35. The third-order valence-corrected chi connectivity index (χ3v) is 15.8. The van der Waals surface area contributed by atoms with Crippen molar-refractivity contribution in [1.82, 2.24) is 9.13 Å². The van der Waals surface area contributed by atoms with Crippen molar-refractivity contribution in [3.8, 4) is 78.1 Å². The Bertz CT molecular complexity index is 4400. The van der Waals surface area contributed by atoms with E-state index in [0.29, 0.717) is 22.4 Å². The van der Waals surface area contributed by atoms with E-state index in [4.69, 9.17) is 6.57 Å². The van der Waals surface area contributed by atoms with E-state index in [1.807, 2.05) is 36.4 Å². The van der Waals surface area contributed by atoms with Gasteiger partial charge < -0.3 is 9.13 Å². The Labute approximate surface area is 457 Å². The van der Waals surface area contributed by atoms with Crippen LogP contribution in [0.2, 0.25) is 0 Å². The molecule has 0 fully saturated rings. The Hall–Kier alpha value is -9.70. The average molecular weight is 1030 g/mol. The van der Waals surface area contributed by atoms with Crippen molar-refractivity contribution >= 4 is 49.3 Å². The summed E-state index contributed by atoms with van der Waals surface area (Å²) in [5, 5.41) is 4.13. The zero-order valence-corrected chi connectivity index (χ0v) is 44.3. The van der Waals surface area contributed by atoms with Crippen LogP contribution < -0.4 is 0 Å². The molecular formula is C73H52F3N3. The molecule has 2 heterocycles. The highest BCUT2D eigenvalue weighted by molar-refractivity contribution is 6.14. The molecule has 0 spiro atoms. The molecule has 0 aliphatic heterocycles. The van der Waals surface area contributed by atoms with Crippen molar-refractivity contribution in [1.29, 1.82) is 0 Å². The first kappa shape index (κ1) is 48.9. The second kappa shape index (κ2) is 19.1. The summed E-state index contributed by atoms with van der Waals surface area (Å²) < 4.78 is 50.2. The maximum Gasteiger partial charge on any atom is 0.417 e. The molecule has 0 unspecified atom stereocenters. The van der Waals surface area contributed by atoms with Crippen molar-refractivity contribution < 1.29 is 13.2 Å². The summed E-state index contributed by atoms with van der Waals surface area (Å²) in [5.74, 6) is 0.